The topological polar surface area (TPSA) is 54.0 Å². The van der Waals surface area contributed by atoms with Crippen molar-refractivity contribution in [2.24, 2.45) is 0 Å². The van der Waals surface area contributed by atoms with E-state index in [4.69, 9.17) is 18.9 Å². The van der Waals surface area contributed by atoms with Crippen molar-refractivity contribution >= 4 is 22.8 Å². The molecule has 39 heavy (non-hydrogen) atoms. The van der Waals surface area contributed by atoms with Gasteiger partial charge in [0.05, 0.1) is 20.6 Å². The number of ether oxygens (including phenoxy) is 4. The summed E-state index contributed by atoms with van der Waals surface area (Å²) < 4.78 is 22.9. The second-order valence-corrected chi connectivity index (χ2v) is 9.79. The van der Waals surface area contributed by atoms with Crippen molar-refractivity contribution < 1.29 is 23.7 Å². The lowest BCUT2D eigenvalue weighted by Gasteiger charge is -2.21. The Morgan fingerprint density at radius 3 is 2.21 bits per heavy atom. The molecule has 0 atom stereocenters. The lowest BCUT2D eigenvalue weighted by molar-refractivity contribution is -0.149. The zero-order valence-corrected chi connectivity index (χ0v) is 22.5. The molecule has 0 saturated heterocycles. The van der Waals surface area contributed by atoms with E-state index in [1.165, 1.54) is 6.42 Å². The van der Waals surface area contributed by atoms with Crippen LogP contribution in [0, 0.1) is 0 Å². The number of hydrogen-bond donors (Lipinski definition) is 0. The second-order valence-electron chi connectivity index (χ2n) is 9.79. The summed E-state index contributed by atoms with van der Waals surface area (Å²) in [6.45, 7) is 0. The highest BCUT2D eigenvalue weighted by atomic mass is 16.5. The van der Waals surface area contributed by atoms with E-state index in [1.54, 1.807) is 14.2 Å². The van der Waals surface area contributed by atoms with Crippen LogP contribution in [0.2, 0.25) is 0 Å². The number of esters is 1. The Labute approximate surface area is 230 Å². The maximum Gasteiger partial charge on any atom is 0.309 e. The van der Waals surface area contributed by atoms with Crippen LogP contribution in [0.4, 0.5) is 0 Å². The normalized spacial score (nSPS) is 13.9. The Balaban J connectivity index is 1.34. The standard InChI is InChI=1S/C34H34O5/c1-36-27-18-13-25(14-19-27)31-21-15-26-23-30(37-2)20-22-32(26)34(31)39-29-16-11-24(12-17-29)7-6-10-33(35)38-28-8-4-3-5-9-28/h6-7,11-23,28H,3-5,8-10H2,1-2H3. The molecular weight excluding hydrogens is 488 g/mol. The Kier molecular flexibility index (Phi) is 8.47. The summed E-state index contributed by atoms with van der Waals surface area (Å²) in [6.07, 6.45) is 9.69. The molecule has 0 aliphatic heterocycles. The first-order valence-electron chi connectivity index (χ1n) is 13.5. The molecule has 1 fully saturated rings. The highest BCUT2D eigenvalue weighted by Gasteiger charge is 2.17. The van der Waals surface area contributed by atoms with E-state index in [2.05, 4.69) is 12.1 Å². The molecule has 0 radical (unpaired) electrons. The first-order chi connectivity index (χ1) is 19.1. The summed E-state index contributed by atoms with van der Waals surface area (Å²) >= 11 is 0. The third-order valence-electron chi connectivity index (χ3n) is 7.12. The number of carbonyl (C=O) groups is 1. The average molecular weight is 523 g/mol. The van der Waals surface area contributed by atoms with Crippen molar-refractivity contribution in [3.63, 3.8) is 0 Å². The average Bonchev–Trinajstić information content (AvgIpc) is 2.98. The Morgan fingerprint density at radius 2 is 1.49 bits per heavy atom. The molecule has 5 rings (SSSR count). The molecule has 1 aliphatic rings. The molecule has 0 bridgehead atoms. The van der Waals surface area contributed by atoms with E-state index in [-0.39, 0.29) is 18.5 Å². The van der Waals surface area contributed by atoms with Gasteiger partial charge in [0.25, 0.3) is 0 Å². The minimum Gasteiger partial charge on any atom is -0.497 e. The van der Waals surface area contributed by atoms with Gasteiger partial charge >= 0.3 is 5.97 Å². The van der Waals surface area contributed by atoms with Crippen molar-refractivity contribution in [3.05, 3.63) is 90.5 Å². The molecule has 4 aromatic rings. The smallest absolute Gasteiger partial charge is 0.309 e. The number of fused-ring (bicyclic) bond motifs is 1. The van der Waals surface area contributed by atoms with Crippen LogP contribution < -0.4 is 14.2 Å². The molecule has 0 amide bonds. The van der Waals surface area contributed by atoms with Gasteiger partial charge in [0.2, 0.25) is 0 Å². The van der Waals surface area contributed by atoms with E-state index in [1.807, 2.05) is 78.9 Å². The SMILES string of the molecule is COc1ccc(-c2ccc3cc(OC)ccc3c2Oc2ccc(C=CCC(=O)OC3CCCCC3)cc2)cc1. The fraction of sp³-hybridized carbons (Fsp3) is 0.265. The fourth-order valence-corrected chi connectivity index (χ4v) is 4.99. The number of hydrogen-bond acceptors (Lipinski definition) is 5. The fourth-order valence-electron chi connectivity index (χ4n) is 4.99. The molecule has 5 heteroatoms. The molecule has 0 spiro atoms. The van der Waals surface area contributed by atoms with Crippen LogP contribution in [0.25, 0.3) is 28.0 Å². The van der Waals surface area contributed by atoms with E-state index >= 15 is 0 Å². The van der Waals surface area contributed by atoms with Gasteiger partial charge in [-0.05, 0) is 90.7 Å². The van der Waals surface area contributed by atoms with Crippen LogP contribution >= 0.6 is 0 Å². The third kappa shape index (κ3) is 6.61. The predicted octanol–water partition coefficient (Wildman–Crippen LogP) is 8.60. The zero-order valence-electron chi connectivity index (χ0n) is 22.5. The van der Waals surface area contributed by atoms with Gasteiger partial charge in [-0.15, -0.1) is 0 Å². The van der Waals surface area contributed by atoms with Crippen molar-refractivity contribution in [2.45, 2.75) is 44.6 Å². The van der Waals surface area contributed by atoms with Gasteiger partial charge in [0.15, 0.2) is 0 Å². The van der Waals surface area contributed by atoms with Gasteiger partial charge in [-0.1, -0.05) is 48.9 Å². The molecule has 0 unspecified atom stereocenters. The molecule has 1 aliphatic carbocycles. The molecule has 5 nitrogen and oxygen atoms in total. The summed E-state index contributed by atoms with van der Waals surface area (Å²) in [4.78, 5) is 12.2. The van der Waals surface area contributed by atoms with Crippen LogP contribution in [-0.2, 0) is 9.53 Å². The van der Waals surface area contributed by atoms with E-state index in [0.717, 1.165) is 76.1 Å². The molecule has 1 saturated carbocycles. The minimum absolute atomic E-state index is 0.0917. The summed E-state index contributed by atoms with van der Waals surface area (Å²) in [6, 6.07) is 26.0. The van der Waals surface area contributed by atoms with Crippen LogP contribution in [0.1, 0.15) is 44.1 Å². The van der Waals surface area contributed by atoms with Crippen LogP contribution in [0.3, 0.4) is 0 Å². The number of benzene rings is 4. The highest BCUT2D eigenvalue weighted by Crippen LogP contribution is 2.41. The number of rotatable bonds is 9. The van der Waals surface area contributed by atoms with E-state index < -0.39 is 0 Å². The van der Waals surface area contributed by atoms with Gasteiger partial charge in [-0.2, -0.15) is 0 Å². The Bertz CT molecular complexity index is 1430. The largest absolute Gasteiger partial charge is 0.497 e. The molecule has 4 aromatic carbocycles. The van der Waals surface area contributed by atoms with Gasteiger partial charge < -0.3 is 18.9 Å². The van der Waals surface area contributed by atoms with E-state index in [0.29, 0.717) is 0 Å². The van der Waals surface area contributed by atoms with Gasteiger partial charge in [0.1, 0.15) is 29.1 Å². The first kappa shape index (κ1) is 26.4. The molecular formula is C34H34O5. The number of carbonyl (C=O) groups excluding carboxylic acids is 1. The quantitative estimate of drug-likeness (QED) is 0.206. The molecule has 200 valence electrons. The molecule has 0 heterocycles. The number of methoxy groups -OCH3 is 2. The van der Waals surface area contributed by atoms with Crippen molar-refractivity contribution in [3.8, 4) is 34.1 Å². The van der Waals surface area contributed by atoms with Crippen LogP contribution in [0.15, 0.2) is 84.9 Å². The lowest BCUT2D eigenvalue weighted by Crippen LogP contribution is -2.20. The van der Waals surface area contributed by atoms with E-state index in [9.17, 15) is 4.79 Å². The summed E-state index contributed by atoms with van der Waals surface area (Å²) in [7, 11) is 3.33. The Hall–Kier alpha value is -4.25. The molecule has 0 N–H and O–H groups in total. The van der Waals surface area contributed by atoms with Gasteiger partial charge in [0, 0.05) is 10.9 Å². The summed E-state index contributed by atoms with van der Waals surface area (Å²) in [5.41, 5.74) is 3.00. The second kappa shape index (κ2) is 12.5. The van der Waals surface area contributed by atoms with Crippen molar-refractivity contribution in [1.82, 2.24) is 0 Å². The van der Waals surface area contributed by atoms with Crippen molar-refractivity contribution in [2.75, 3.05) is 14.2 Å². The monoisotopic (exact) mass is 522 g/mol. The zero-order chi connectivity index (χ0) is 27.0. The highest BCUT2D eigenvalue weighted by molar-refractivity contribution is 5.96. The maximum atomic E-state index is 12.2. The van der Waals surface area contributed by atoms with Crippen LogP contribution in [0.5, 0.6) is 23.0 Å². The van der Waals surface area contributed by atoms with Gasteiger partial charge in [-0.3, -0.25) is 4.79 Å². The Morgan fingerprint density at radius 1 is 0.795 bits per heavy atom. The van der Waals surface area contributed by atoms with Crippen molar-refractivity contribution in [1.29, 1.82) is 0 Å². The maximum absolute atomic E-state index is 12.2. The van der Waals surface area contributed by atoms with Crippen LogP contribution in [-0.4, -0.2) is 26.3 Å². The predicted molar refractivity (Wildman–Crippen MR) is 156 cm³/mol. The van der Waals surface area contributed by atoms with Gasteiger partial charge in [-0.25, -0.2) is 0 Å². The molecule has 0 aromatic heterocycles. The summed E-state index contributed by atoms with van der Waals surface area (Å²) in [5, 5.41) is 2.02. The lowest BCUT2D eigenvalue weighted by atomic mass is 9.98. The third-order valence-corrected chi connectivity index (χ3v) is 7.12. The first-order valence-corrected chi connectivity index (χ1v) is 13.5. The minimum atomic E-state index is -0.156. The summed E-state index contributed by atoms with van der Waals surface area (Å²) in [5.74, 6) is 2.94.